The molecule has 0 saturated carbocycles. The number of aromatic carboxylic acids is 1. The number of anilines is 2. The van der Waals surface area contributed by atoms with E-state index in [-0.39, 0.29) is 28.4 Å². The minimum Gasteiger partial charge on any atom is -0.478 e. The van der Waals surface area contributed by atoms with Gasteiger partial charge in [-0.05, 0) is 93.7 Å². The third-order valence-electron chi connectivity index (χ3n) is 8.35. The van der Waals surface area contributed by atoms with Gasteiger partial charge in [0.15, 0.2) is 11.6 Å². The van der Waals surface area contributed by atoms with Crippen LogP contribution in [0.15, 0.2) is 85.2 Å². The van der Waals surface area contributed by atoms with E-state index in [4.69, 9.17) is 17.3 Å². The molecule has 13 nitrogen and oxygen atoms in total. The monoisotopic (exact) mass is 677 g/mol. The Balaban J connectivity index is 1.27. The van der Waals surface area contributed by atoms with Crippen molar-refractivity contribution in [1.29, 1.82) is 0 Å². The zero-order valence-electron chi connectivity index (χ0n) is 25.3. The second-order valence-electron chi connectivity index (χ2n) is 11.2. The van der Waals surface area contributed by atoms with Gasteiger partial charge in [0.2, 0.25) is 5.91 Å². The van der Waals surface area contributed by atoms with Crippen molar-refractivity contribution in [3.05, 3.63) is 118 Å². The van der Waals surface area contributed by atoms with Crippen molar-refractivity contribution in [2.24, 2.45) is 0 Å². The van der Waals surface area contributed by atoms with Gasteiger partial charge in [0.05, 0.1) is 21.8 Å². The van der Waals surface area contributed by atoms with Crippen molar-refractivity contribution in [2.75, 3.05) is 17.6 Å². The number of nitrogens with two attached hydrogens (primary N) is 1. The van der Waals surface area contributed by atoms with E-state index in [1.165, 1.54) is 64.5 Å². The van der Waals surface area contributed by atoms with Gasteiger partial charge in [-0.1, -0.05) is 35.9 Å². The molecule has 3 heterocycles. The average Bonchev–Trinajstić information content (AvgIpc) is 3.78. The number of nitrogens with zero attached hydrogens (tertiary/aromatic N) is 6. The third-order valence-corrected chi connectivity index (χ3v) is 8.65. The molecule has 0 saturated heterocycles. The van der Waals surface area contributed by atoms with E-state index in [9.17, 15) is 19.5 Å². The van der Waals surface area contributed by atoms with Crippen LogP contribution in [-0.4, -0.2) is 64.7 Å². The number of carboxylic acid groups (broad SMARTS) is 1. The number of carbonyl (C=O) groups is 3. The smallest absolute Gasteiger partial charge is 0.335 e. The number of fused-ring (bicyclic) bond motifs is 2. The van der Waals surface area contributed by atoms with Crippen LogP contribution in [0.4, 0.5) is 15.9 Å². The minimum atomic E-state index is -1.11. The zero-order valence-corrected chi connectivity index (χ0v) is 26.1. The van der Waals surface area contributed by atoms with Crippen LogP contribution in [0.1, 0.15) is 33.1 Å². The van der Waals surface area contributed by atoms with Gasteiger partial charge in [-0.25, -0.2) is 9.18 Å². The first-order valence-electron chi connectivity index (χ1n) is 14.9. The number of nitrogens with one attached hydrogen (secondary N) is 2. The van der Waals surface area contributed by atoms with Gasteiger partial charge in [-0.15, -0.1) is 5.10 Å². The fourth-order valence-electron chi connectivity index (χ4n) is 6.01. The summed E-state index contributed by atoms with van der Waals surface area (Å²) in [6.45, 7) is 0.153. The van der Waals surface area contributed by atoms with Crippen molar-refractivity contribution in [3.63, 3.8) is 0 Å². The van der Waals surface area contributed by atoms with E-state index in [0.29, 0.717) is 23.5 Å². The lowest BCUT2D eigenvalue weighted by Crippen LogP contribution is -2.45. The number of tetrazole rings is 1. The average molecular weight is 678 g/mol. The Kier molecular flexibility index (Phi) is 8.06. The largest absolute Gasteiger partial charge is 0.478 e. The Morgan fingerprint density at radius 2 is 1.90 bits per heavy atom. The first-order valence-corrected chi connectivity index (χ1v) is 15.3. The van der Waals surface area contributed by atoms with Crippen LogP contribution in [0.25, 0.3) is 33.8 Å². The van der Waals surface area contributed by atoms with Crippen LogP contribution in [0, 0.1) is 5.82 Å². The van der Waals surface area contributed by atoms with E-state index >= 15 is 4.39 Å². The first kappa shape index (κ1) is 31.2. The molecule has 1 aliphatic heterocycles. The SMILES string of the molecule is Nc1n[nH]c2cc(-c3cccc4c3CCN(C(=O)C=Cc3c(-n5cnnn5)ccc(Cl)c3F)C4C(=O)Nc3ccc(C(=O)O)cc3)ccc12. The van der Waals surface area contributed by atoms with Gasteiger partial charge in [-0.3, -0.25) is 14.7 Å². The second-order valence-corrected chi connectivity index (χ2v) is 11.6. The summed E-state index contributed by atoms with van der Waals surface area (Å²) in [5, 5.41) is 30.8. The molecule has 0 spiro atoms. The normalized spacial score (nSPS) is 14.2. The topological polar surface area (TPSA) is 185 Å². The number of amides is 2. The summed E-state index contributed by atoms with van der Waals surface area (Å²) in [6.07, 6.45) is 4.14. The summed E-state index contributed by atoms with van der Waals surface area (Å²) >= 11 is 6.07. The summed E-state index contributed by atoms with van der Waals surface area (Å²) in [6, 6.07) is 18.7. The fourth-order valence-corrected chi connectivity index (χ4v) is 6.18. The molecule has 2 amide bonds. The molecule has 49 heavy (non-hydrogen) atoms. The Labute approximate surface area is 281 Å². The zero-order chi connectivity index (χ0) is 34.2. The fraction of sp³-hybridized carbons (Fsp3) is 0.0882. The molecule has 5 N–H and O–H groups in total. The Bertz CT molecular complexity index is 2290. The number of halogens is 2. The minimum absolute atomic E-state index is 0.0257. The van der Waals surface area contributed by atoms with E-state index in [1.807, 2.05) is 30.3 Å². The molecule has 2 aromatic heterocycles. The van der Waals surface area contributed by atoms with Crippen molar-refractivity contribution < 1.29 is 23.9 Å². The Morgan fingerprint density at radius 1 is 1.08 bits per heavy atom. The van der Waals surface area contributed by atoms with E-state index in [1.54, 1.807) is 6.07 Å². The number of aromatic nitrogens is 6. The van der Waals surface area contributed by atoms with Crippen LogP contribution < -0.4 is 11.1 Å². The highest BCUT2D eigenvalue weighted by Crippen LogP contribution is 2.38. The van der Waals surface area contributed by atoms with Crippen LogP contribution in [0.3, 0.4) is 0 Å². The van der Waals surface area contributed by atoms with Crippen LogP contribution in [-0.2, 0) is 16.0 Å². The third kappa shape index (κ3) is 5.85. The molecule has 0 fully saturated rings. The number of H-pyrrole nitrogens is 1. The predicted octanol–water partition coefficient (Wildman–Crippen LogP) is 5.06. The maximum Gasteiger partial charge on any atom is 0.335 e. The lowest BCUT2D eigenvalue weighted by Gasteiger charge is -2.36. The predicted molar refractivity (Wildman–Crippen MR) is 179 cm³/mol. The number of benzene rings is 4. The number of hydrogen-bond donors (Lipinski definition) is 4. The molecule has 0 bridgehead atoms. The first-order chi connectivity index (χ1) is 23.7. The summed E-state index contributed by atoms with van der Waals surface area (Å²) in [5.41, 5.74) is 10.5. The van der Waals surface area contributed by atoms with Gasteiger partial charge in [-0.2, -0.15) is 9.78 Å². The van der Waals surface area contributed by atoms with E-state index in [0.717, 1.165) is 27.6 Å². The van der Waals surface area contributed by atoms with Gasteiger partial charge in [0, 0.05) is 29.3 Å². The summed E-state index contributed by atoms with van der Waals surface area (Å²) in [5.74, 6) is -2.58. The summed E-state index contributed by atoms with van der Waals surface area (Å²) < 4.78 is 16.5. The molecule has 1 aliphatic rings. The van der Waals surface area contributed by atoms with Gasteiger partial charge < -0.3 is 21.1 Å². The Morgan fingerprint density at radius 3 is 2.65 bits per heavy atom. The number of nitrogen functional groups attached to an aromatic ring is 1. The molecule has 6 aromatic rings. The van der Waals surface area contributed by atoms with Gasteiger partial charge in [0.1, 0.15) is 12.4 Å². The van der Waals surface area contributed by atoms with Gasteiger partial charge >= 0.3 is 5.97 Å². The molecule has 244 valence electrons. The molecule has 1 unspecified atom stereocenters. The Hall–Kier alpha value is -6.41. The van der Waals surface area contributed by atoms with Gasteiger partial charge in [0.25, 0.3) is 5.91 Å². The molecule has 15 heteroatoms. The number of rotatable bonds is 7. The van der Waals surface area contributed by atoms with Crippen LogP contribution in [0.2, 0.25) is 5.02 Å². The lowest BCUT2D eigenvalue weighted by atomic mass is 9.85. The molecular weight excluding hydrogens is 653 g/mol. The highest BCUT2D eigenvalue weighted by Gasteiger charge is 2.36. The number of hydrogen-bond acceptors (Lipinski definition) is 8. The van der Waals surface area contributed by atoms with Crippen molar-refractivity contribution in [2.45, 2.75) is 12.5 Å². The lowest BCUT2D eigenvalue weighted by molar-refractivity contribution is -0.135. The summed E-state index contributed by atoms with van der Waals surface area (Å²) in [7, 11) is 0. The summed E-state index contributed by atoms with van der Waals surface area (Å²) in [4.78, 5) is 40.8. The second kappa shape index (κ2) is 12.7. The van der Waals surface area contributed by atoms with Crippen molar-refractivity contribution in [3.8, 4) is 16.8 Å². The molecule has 1 atom stereocenters. The number of aromatic amines is 1. The molecule has 0 radical (unpaired) electrons. The quantitative estimate of drug-likeness (QED) is 0.168. The maximum atomic E-state index is 15.3. The maximum absolute atomic E-state index is 15.3. The molecule has 7 rings (SSSR count). The van der Waals surface area contributed by atoms with Crippen LogP contribution in [0.5, 0.6) is 0 Å². The molecule has 4 aromatic carbocycles. The molecule has 0 aliphatic carbocycles. The highest BCUT2D eigenvalue weighted by molar-refractivity contribution is 6.31. The van der Waals surface area contributed by atoms with Crippen molar-refractivity contribution >= 4 is 57.9 Å². The van der Waals surface area contributed by atoms with E-state index < -0.39 is 29.6 Å². The molecular formula is C34H25ClFN9O4. The highest BCUT2D eigenvalue weighted by atomic mass is 35.5. The van der Waals surface area contributed by atoms with E-state index in [2.05, 4.69) is 31.0 Å². The van der Waals surface area contributed by atoms with Crippen LogP contribution >= 0.6 is 11.6 Å². The number of carbonyl (C=O) groups excluding carboxylic acids is 2. The standard InChI is InChI=1S/C34H25ClFN9O4/c35-26-11-12-28(45-17-38-42-43-45)25(30(26)36)10-13-29(46)44-15-14-22-21(19-6-9-24-27(16-19)40-41-32(24)37)2-1-3-23(22)31(44)33(47)39-20-7-4-18(5-8-20)34(48)49/h1-13,16-17,31H,14-15H2,(H,39,47)(H,48,49)(H3,37,40,41). The number of carboxylic acids is 1. The van der Waals surface area contributed by atoms with Crippen molar-refractivity contribution in [1.82, 2.24) is 35.3 Å².